The molecular formula is C18H19N5O4. The molecular weight excluding hydrogens is 350 g/mol. The van der Waals surface area contributed by atoms with Crippen molar-refractivity contribution in [2.45, 2.75) is 13.3 Å². The second kappa shape index (κ2) is 9.66. The van der Waals surface area contributed by atoms with E-state index >= 15 is 0 Å². The van der Waals surface area contributed by atoms with Crippen molar-refractivity contribution >= 4 is 34.9 Å². The molecule has 0 radical (unpaired) electrons. The lowest BCUT2D eigenvalue weighted by molar-refractivity contribution is -0.136. The zero-order valence-corrected chi connectivity index (χ0v) is 14.9. The third-order valence-electron chi connectivity index (χ3n) is 3.25. The van der Waals surface area contributed by atoms with Crippen molar-refractivity contribution < 1.29 is 19.1 Å². The summed E-state index contributed by atoms with van der Waals surface area (Å²) in [5.74, 6) is -1.13. The van der Waals surface area contributed by atoms with Crippen molar-refractivity contribution in [1.82, 2.24) is 10.4 Å². The first-order valence-corrected chi connectivity index (χ1v) is 7.97. The predicted octanol–water partition coefficient (Wildman–Crippen LogP) is 1.55. The monoisotopic (exact) mass is 369 g/mol. The quantitative estimate of drug-likeness (QED) is 0.405. The Bertz CT molecular complexity index is 835. The summed E-state index contributed by atoms with van der Waals surface area (Å²) >= 11 is 0. The normalized spacial score (nSPS) is 10.7. The molecule has 0 atom stereocenters. The molecule has 1 aromatic carbocycles. The van der Waals surface area contributed by atoms with Gasteiger partial charge in [0.1, 0.15) is 11.6 Å². The number of anilines is 2. The molecule has 0 unspecified atom stereocenters. The van der Waals surface area contributed by atoms with E-state index in [1.165, 1.54) is 7.11 Å². The average Bonchev–Trinajstić information content (AvgIpc) is 2.67. The van der Waals surface area contributed by atoms with Crippen LogP contribution in [0.25, 0.3) is 0 Å². The smallest absolute Gasteiger partial charge is 0.329 e. The van der Waals surface area contributed by atoms with Crippen LogP contribution in [-0.2, 0) is 14.4 Å². The summed E-state index contributed by atoms with van der Waals surface area (Å²) in [6, 6.07) is 11.6. The van der Waals surface area contributed by atoms with E-state index in [0.29, 0.717) is 23.0 Å². The van der Waals surface area contributed by atoms with Gasteiger partial charge in [-0.3, -0.25) is 14.4 Å². The van der Waals surface area contributed by atoms with Crippen molar-refractivity contribution in [2.75, 3.05) is 17.7 Å². The van der Waals surface area contributed by atoms with Gasteiger partial charge >= 0.3 is 11.8 Å². The van der Waals surface area contributed by atoms with Crippen LogP contribution < -0.4 is 20.8 Å². The number of hydrazone groups is 1. The van der Waals surface area contributed by atoms with E-state index in [2.05, 4.69) is 26.1 Å². The van der Waals surface area contributed by atoms with Crippen molar-refractivity contribution in [2.24, 2.45) is 5.10 Å². The third kappa shape index (κ3) is 6.58. The Morgan fingerprint density at radius 3 is 2.41 bits per heavy atom. The molecule has 0 saturated heterocycles. The lowest BCUT2D eigenvalue weighted by Gasteiger charge is -2.06. The first kappa shape index (κ1) is 19.6. The second-order valence-corrected chi connectivity index (χ2v) is 5.41. The molecule has 27 heavy (non-hydrogen) atoms. The van der Waals surface area contributed by atoms with Crippen LogP contribution in [-0.4, -0.2) is 35.5 Å². The van der Waals surface area contributed by atoms with Crippen LogP contribution in [0.5, 0.6) is 5.75 Å². The Hall–Kier alpha value is -3.75. The number of carbonyl (C=O) groups excluding carboxylic acids is 3. The lowest BCUT2D eigenvalue weighted by Crippen LogP contribution is -2.33. The molecule has 0 spiro atoms. The van der Waals surface area contributed by atoms with Crippen LogP contribution in [0.1, 0.15) is 13.3 Å². The molecule has 2 aromatic rings. The Morgan fingerprint density at radius 1 is 1.04 bits per heavy atom. The number of benzene rings is 1. The molecule has 1 aromatic heterocycles. The molecule has 9 heteroatoms. The maximum Gasteiger partial charge on any atom is 0.329 e. The molecule has 3 N–H and O–H groups in total. The van der Waals surface area contributed by atoms with Crippen LogP contribution in [0.15, 0.2) is 53.8 Å². The van der Waals surface area contributed by atoms with Gasteiger partial charge in [0, 0.05) is 17.6 Å². The largest absolute Gasteiger partial charge is 0.497 e. The maximum absolute atomic E-state index is 11.9. The Kier molecular flexibility index (Phi) is 7.00. The fraction of sp³-hybridized carbons (Fsp3) is 0.167. The number of nitrogens with zero attached hydrogens (tertiary/aromatic N) is 2. The molecule has 140 valence electrons. The molecule has 0 bridgehead atoms. The zero-order chi connectivity index (χ0) is 19.6. The fourth-order valence-corrected chi connectivity index (χ4v) is 1.95. The summed E-state index contributed by atoms with van der Waals surface area (Å²) in [4.78, 5) is 39.5. The number of pyridine rings is 1. The van der Waals surface area contributed by atoms with Gasteiger partial charge in [0.25, 0.3) is 0 Å². The highest BCUT2D eigenvalue weighted by Gasteiger charge is 2.13. The van der Waals surface area contributed by atoms with E-state index in [1.54, 1.807) is 55.6 Å². The first-order chi connectivity index (χ1) is 13.0. The van der Waals surface area contributed by atoms with Crippen molar-refractivity contribution in [3.05, 3.63) is 48.7 Å². The highest BCUT2D eigenvalue weighted by Crippen LogP contribution is 2.14. The number of aromatic nitrogens is 1. The predicted molar refractivity (Wildman–Crippen MR) is 100 cm³/mol. The molecule has 2 rings (SSSR count). The number of hydrogen-bond acceptors (Lipinski definition) is 6. The minimum atomic E-state index is -0.949. The summed E-state index contributed by atoms with van der Waals surface area (Å²) in [7, 11) is 1.53. The van der Waals surface area contributed by atoms with Gasteiger partial charge < -0.3 is 15.4 Å². The number of rotatable bonds is 6. The molecule has 0 fully saturated rings. The van der Waals surface area contributed by atoms with E-state index < -0.39 is 11.8 Å². The molecule has 9 nitrogen and oxygen atoms in total. The summed E-state index contributed by atoms with van der Waals surface area (Å²) < 4.78 is 5.01. The molecule has 0 saturated carbocycles. The van der Waals surface area contributed by atoms with E-state index in [9.17, 15) is 14.4 Å². The summed E-state index contributed by atoms with van der Waals surface area (Å²) in [6.45, 7) is 1.56. The van der Waals surface area contributed by atoms with E-state index in [1.807, 2.05) is 0 Å². The highest BCUT2D eigenvalue weighted by molar-refractivity contribution is 6.39. The molecule has 1 heterocycles. The zero-order valence-electron chi connectivity index (χ0n) is 14.9. The molecule has 3 amide bonds. The number of carbonyl (C=O) groups is 3. The molecule has 0 aliphatic heterocycles. The van der Waals surface area contributed by atoms with Crippen LogP contribution in [0.2, 0.25) is 0 Å². The van der Waals surface area contributed by atoms with Crippen LogP contribution in [0.3, 0.4) is 0 Å². The van der Waals surface area contributed by atoms with Gasteiger partial charge in [-0.25, -0.2) is 10.4 Å². The van der Waals surface area contributed by atoms with E-state index in [0.717, 1.165) is 0 Å². The summed E-state index contributed by atoms with van der Waals surface area (Å²) in [5.41, 5.74) is 2.88. The van der Waals surface area contributed by atoms with Gasteiger partial charge in [-0.1, -0.05) is 6.07 Å². The van der Waals surface area contributed by atoms with Crippen molar-refractivity contribution in [1.29, 1.82) is 0 Å². The first-order valence-electron chi connectivity index (χ1n) is 7.97. The minimum Gasteiger partial charge on any atom is -0.497 e. The van der Waals surface area contributed by atoms with Crippen molar-refractivity contribution in [3.8, 4) is 5.75 Å². The van der Waals surface area contributed by atoms with Gasteiger partial charge in [0.2, 0.25) is 5.91 Å². The maximum atomic E-state index is 11.9. The fourth-order valence-electron chi connectivity index (χ4n) is 1.95. The third-order valence-corrected chi connectivity index (χ3v) is 3.25. The number of hydrogen-bond donors (Lipinski definition) is 3. The van der Waals surface area contributed by atoms with Gasteiger partial charge in [0.15, 0.2) is 0 Å². The van der Waals surface area contributed by atoms with Crippen LogP contribution >= 0.6 is 0 Å². The lowest BCUT2D eigenvalue weighted by atomic mass is 10.3. The SMILES string of the molecule is COc1ccc(NC(=O)C(=O)NN=C(C)CC(=O)Nc2ccccn2)cc1. The van der Waals surface area contributed by atoms with Gasteiger partial charge in [-0.05, 0) is 43.3 Å². The molecule has 0 aliphatic carbocycles. The van der Waals surface area contributed by atoms with E-state index in [-0.39, 0.29) is 12.3 Å². The van der Waals surface area contributed by atoms with Crippen molar-refractivity contribution in [3.63, 3.8) is 0 Å². The topological polar surface area (TPSA) is 122 Å². The standard InChI is InChI=1S/C18H19N5O4/c1-12(11-16(24)21-15-5-3-4-10-19-15)22-23-18(26)17(25)20-13-6-8-14(27-2)9-7-13/h3-10H,11H2,1-2H3,(H,20,25)(H,23,26)(H,19,21,24). The minimum absolute atomic E-state index is 0.0586. The highest BCUT2D eigenvalue weighted by atomic mass is 16.5. The Labute approximate surface area is 155 Å². The van der Waals surface area contributed by atoms with Crippen LogP contribution in [0, 0.1) is 0 Å². The van der Waals surface area contributed by atoms with Crippen LogP contribution in [0.4, 0.5) is 11.5 Å². The van der Waals surface area contributed by atoms with Gasteiger partial charge in [0.05, 0.1) is 13.5 Å². The summed E-state index contributed by atoms with van der Waals surface area (Å²) in [5, 5.41) is 8.77. The Morgan fingerprint density at radius 2 is 1.78 bits per heavy atom. The number of methoxy groups -OCH3 is 1. The number of nitrogens with one attached hydrogen (secondary N) is 3. The number of ether oxygens (including phenoxy) is 1. The average molecular weight is 369 g/mol. The van der Waals surface area contributed by atoms with E-state index in [4.69, 9.17) is 4.74 Å². The molecule has 0 aliphatic rings. The summed E-state index contributed by atoms with van der Waals surface area (Å²) in [6.07, 6.45) is 1.50. The van der Waals surface area contributed by atoms with Gasteiger partial charge in [-0.15, -0.1) is 0 Å². The Balaban J connectivity index is 1.81. The van der Waals surface area contributed by atoms with Gasteiger partial charge in [-0.2, -0.15) is 5.10 Å². The number of amides is 3. The second-order valence-electron chi connectivity index (χ2n) is 5.41.